The van der Waals surface area contributed by atoms with E-state index in [1.54, 1.807) is 0 Å². The summed E-state index contributed by atoms with van der Waals surface area (Å²) in [5.74, 6) is 0.465. The van der Waals surface area contributed by atoms with Gasteiger partial charge in [0.1, 0.15) is 0 Å². The van der Waals surface area contributed by atoms with Crippen molar-refractivity contribution in [1.29, 1.82) is 0 Å². The van der Waals surface area contributed by atoms with Crippen LogP contribution in [0.25, 0.3) is 0 Å². The SMILES string of the molecule is CCCCC(CC)CP(=O)(O)C1CCCCC1. The molecule has 2 atom stereocenters. The largest absolute Gasteiger partial charge is 0.344 e. The minimum absolute atomic E-state index is 0.118. The summed E-state index contributed by atoms with van der Waals surface area (Å²) in [6, 6.07) is 0. The summed E-state index contributed by atoms with van der Waals surface area (Å²) in [6.07, 6.45) is 10.7. The second-order valence-corrected chi connectivity index (χ2v) is 8.25. The molecule has 2 unspecified atom stereocenters. The molecule has 1 rings (SSSR count). The summed E-state index contributed by atoms with van der Waals surface area (Å²) >= 11 is 0. The highest BCUT2D eigenvalue weighted by Gasteiger charge is 2.33. The van der Waals surface area contributed by atoms with E-state index in [-0.39, 0.29) is 5.66 Å². The summed E-state index contributed by atoms with van der Waals surface area (Å²) in [5, 5.41) is 0. The monoisotopic (exact) mass is 260 g/mol. The van der Waals surface area contributed by atoms with E-state index in [2.05, 4.69) is 13.8 Å². The van der Waals surface area contributed by atoms with E-state index >= 15 is 0 Å². The first kappa shape index (κ1) is 15.2. The highest BCUT2D eigenvalue weighted by atomic mass is 31.2. The van der Waals surface area contributed by atoms with Crippen molar-refractivity contribution in [3.8, 4) is 0 Å². The molecule has 0 amide bonds. The van der Waals surface area contributed by atoms with Crippen molar-refractivity contribution in [3.63, 3.8) is 0 Å². The Hall–Kier alpha value is 0.190. The van der Waals surface area contributed by atoms with Gasteiger partial charge < -0.3 is 4.89 Å². The van der Waals surface area contributed by atoms with E-state index in [4.69, 9.17) is 0 Å². The molecule has 0 bridgehead atoms. The zero-order valence-electron chi connectivity index (χ0n) is 11.5. The fourth-order valence-electron chi connectivity index (χ4n) is 2.92. The van der Waals surface area contributed by atoms with Crippen molar-refractivity contribution in [3.05, 3.63) is 0 Å². The van der Waals surface area contributed by atoms with Crippen LogP contribution < -0.4 is 0 Å². The molecule has 3 heteroatoms. The summed E-state index contributed by atoms with van der Waals surface area (Å²) in [7, 11) is -2.88. The van der Waals surface area contributed by atoms with Crippen LogP contribution in [0.2, 0.25) is 0 Å². The maximum atomic E-state index is 12.5. The maximum Gasteiger partial charge on any atom is 0.203 e. The Bertz CT molecular complexity index is 247. The van der Waals surface area contributed by atoms with Crippen LogP contribution in [-0.4, -0.2) is 16.7 Å². The molecule has 0 aromatic carbocycles. The normalized spacial score (nSPS) is 23.2. The summed E-state index contributed by atoms with van der Waals surface area (Å²) in [5.41, 5.74) is 0.118. The number of hydrogen-bond acceptors (Lipinski definition) is 1. The average molecular weight is 260 g/mol. The van der Waals surface area contributed by atoms with Crippen molar-refractivity contribution in [2.45, 2.75) is 77.3 Å². The highest BCUT2D eigenvalue weighted by molar-refractivity contribution is 7.58. The standard InChI is InChI=1S/C14H29O2P/c1-3-5-9-13(4-2)12-17(15,16)14-10-7-6-8-11-14/h13-14H,3-12H2,1-2H3,(H,15,16). The van der Waals surface area contributed by atoms with Gasteiger partial charge in [0.25, 0.3) is 0 Å². The van der Waals surface area contributed by atoms with Crippen molar-refractivity contribution in [2.24, 2.45) is 5.92 Å². The molecule has 1 N–H and O–H groups in total. The quantitative estimate of drug-likeness (QED) is 0.667. The minimum atomic E-state index is -2.88. The van der Waals surface area contributed by atoms with Gasteiger partial charge in [0.15, 0.2) is 0 Å². The van der Waals surface area contributed by atoms with Crippen LogP contribution in [0.3, 0.4) is 0 Å². The van der Waals surface area contributed by atoms with E-state index < -0.39 is 7.37 Å². The van der Waals surface area contributed by atoms with E-state index in [9.17, 15) is 9.46 Å². The average Bonchev–Trinajstić information content (AvgIpc) is 2.35. The fraction of sp³-hybridized carbons (Fsp3) is 1.00. The minimum Gasteiger partial charge on any atom is -0.344 e. The van der Waals surface area contributed by atoms with Crippen LogP contribution in [-0.2, 0) is 4.57 Å². The molecular formula is C14H29O2P. The van der Waals surface area contributed by atoms with Gasteiger partial charge in [-0.2, -0.15) is 0 Å². The lowest BCUT2D eigenvalue weighted by Gasteiger charge is -2.29. The molecule has 0 aromatic rings. The Morgan fingerprint density at radius 1 is 1.24 bits per heavy atom. The first-order chi connectivity index (χ1) is 8.10. The number of rotatable bonds is 7. The molecule has 0 spiro atoms. The van der Waals surface area contributed by atoms with Gasteiger partial charge in [0.2, 0.25) is 7.37 Å². The van der Waals surface area contributed by atoms with Crippen molar-refractivity contribution >= 4 is 7.37 Å². The summed E-state index contributed by atoms with van der Waals surface area (Å²) in [6.45, 7) is 4.34. The Kier molecular flexibility index (Phi) is 6.80. The number of hydrogen-bond donors (Lipinski definition) is 1. The molecule has 1 saturated carbocycles. The number of unbranched alkanes of at least 4 members (excludes halogenated alkanes) is 1. The lowest BCUT2D eigenvalue weighted by Crippen LogP contribution is -2.18. The van der Waals surface area contributed by atoms with Crippen LogP contribution in [0.4, 0.5) is 0 Å². The third kappa shape index (κ3) is 5.14. The second kappa shape index (κ2) is 7.59. The Morgan fingerprint density at radius 2 is 1.88 bits per heavy atom. The van der Waals surface area contributed by atoms with Gasteiger partial charge in [-0.25, -0.2) is 0 Å². The molecule has 1 fully saturated rings. The highest BCUT2D eigenvalue weighted by Crippen LogP contribution is 2.53. The second-order valence-electron chi connectivity index (χ2n) is 5.65. The van der Waals surface area contributed by atoms with E-state index in [1.807, 2.05) is 0 Å². The molecule has 0 aliphatic heterocycles. The topological polar surface area (TPSA) is 37.3 Å². The molecule has 1 aliphatic carbocycles. The molecule has 0 heterocycles. The Labute approximate surface area is 107 Å². The molecule has 102 valence electrons. The molecule has 0 aromatic heterocycles. The van der Waals surface area contributed by atoms with Gasteiger partial charge in [-0.15, -0.1) is 0 Å². The lowest BCUT2D eigenvalue weighted by molar-refractivity contribution is 0.400. The van der Waals surface area contributed by atoms with E-state index in [0.717, 1.165) is 38.5 Å². The first-order valence-corrected chi connectivity index (χ1v) is 9.33. The zero-order chi connectivity index (χ0) is 12.7. The predicted octanol–water partition coefficient (Wildman–Crippen LogP) is 4.81. The van der Waals surface area contributed by atoms with E-state index in [0.29, 0.717) is 12.1 Å². The van der Waals surface area contributed by atoms with Crippen molar-refractivity contribution in [1.82, 2.24) is 0 Å². The van der Waals surface area contributed by atoms with Crippen LogP contribution in [0.5, 0.6) is 0 Å². The lowest BCUT2D eigenvalue weighted by atomic mass is 10.0. The van der Waals surface area contributed by atoms with Crippen LogP contribution in [0.1, 0.15) is 71.6 Å². The predicted molar refractivity (Wildman–Crippen MR) is 74.9 cm³/mol. The zero-order valence-corrected chi connectivity index (χ0v) is 12.4. The van der Waals surface area contributed by atoms with Gasteiger partial charge >= 0.3 is 0 Å². The van der Waals surface area contributed by atoms with Crippen LogP contribution in [0, 0.1) is 5.92 Å². The van der Waals surface area contributed by atoms with Crippen LogP contribution in [0.15, 0.2) is 0 Å². The summed E-state index contributed by atoms with van der Waals surface area (Å²) in [4.78, 5) is 10.3. The van der Waals surface area contributed by atoms with Gasteiger partial charge in [-0.1, -0.05) is 52.4 Å². The van der Waals surface area contributed by atoms with Gasteiger partial charge in [-0.3, -0.25) is 4.57 Å². The first-order valence-electron chi connectivity index (χ1n) is 7.41. The smallest absolute Gasteiger partial charge is 0.203 e. The fourth-order valence-corrected chi connectivity index (χ4v) is 5.57. The third-order valence-corrected chi connectivity index (χ3v) is 6.91. The van der Waals surface area contributed by atoms with Gasteiger partial charge in [0.05, 0.1) is 0 Å². The van der Waals surface area contributed by atoms with E-state index in [1.165, 1.54) is 19.3 Å². The van der Waals surface area contributed by atoms with Crippen molar-refractivity contribution in [2.75, 3.05) is 6.16 Å². The van der Waals surface area contributed by atoms with Gasteiger partial charge in [0, 0.05) is 11.8 Å². The van der Waals surface area contributed by atoms with Crippen molar-refractivity contribution < 1.29 is 9.46 Å². The molecule has 1 aliphatic rings. The Morgan fingerprint density at radius 3 is 2.41 bits per heavy atom. The molecule has 17 heavy (non-hydrogen) atoms. The Balaban J connectivity index is 2.47. The van der Waals surface area contributed by atoms with Crippen LogP contribution >= 0.6 is 7.37 Å². The molecule has 0 radical (unpaired) electrons. The molecular weight excluding hydrogens is 231 g/mol. The molecule has 0 saturated heterocycles. The van der Waals surface area contributed by atoms with Gasteiger partial charge in [-0.05, 0) is 25.2 Å². The molecule has 2 nitrogen and oxygen atoms in total. The third-order valence-electron chi connectivity index (χ3n) is 4.21. The summed E-state index contributed by atoms with van der Waals surface area (Å²) < 4.78 is 12.5. The maximum absolute atomic E-state index is 12.5.